The average molecular weight is 490 g/mol. The van der Waals surface area contributed by atoms with Crippen LogP contribution in [0.3, 0.4) is 0 Å². The SMILES string of the molecule is Cc1cccc(C(CC(=O)N[C@H]2CC[C@H](N)CC2)c2cn(CC3CCCCC3)c3ccc(F)cc23)c1. The molecule has 1 amide bonds. The van der Waals surface area contributed by atoms with E-state index in [1.807, 2.05) is 6.07 Å². The van der Waals surface area contributed by atoms with Crippen molar-refractivity contribution in [2.24, 2.45) is 11.7 Å². The number of amides is 1. The van der Waals surface area contributed by atoms with E-state index < -0.39 is 0 Å². The van der Waals surface area contributed by atoms with Crippen LogP contribution in [-0.4, -0.2) is 22.6 Å². The maximum absolute atomic E-state index is 14.5. The summed E-state index contributed by atoms with van der Waals surface area (Å²) in [7, 11) is 0. The molecule has 2 aliphatic rings. The van der Waals surface area contributed by atoms with Gasteiger partial charge >= 0.3 is 0 Å². The highest BCUT2D eigenvalue weighted by Crippen LogP contribution is 2.37. The third-order valence-electron chi connectivity index (χ3n) is 8.40. The molecular weight excluding hydrogens is 449 g/mol. The van der Waals surface area contributed by atoms with Crippen LogP contribution in [0.5, 0.6) is 0 Å². The van der Waals surface area contributed by atoms with Crippen LogP contribution in [-0.2, 0) is 11.3 Å². The maximum atomic E-state index is 14.5. The minimum absolute atomic E-state index is 0.0616. The van der Waals surface area contributed by atoms with E-state index >= 15 is 0 Å². The smallest absolute Gasteiger partial charge is 0.221 e. The number of hydrogen-bond acceptors (Lipinski definition) is 2. The number of rotatable bonds is 7. The lowest BCUT2D eigenvalue weighted by molar-refractivity contribution is -0.122. The Hall–Kier alpha value is -2.66. The van der Waals surface area contributed by atoms with Gasteiger partial charge in [-0.15, -0.1) is 0 Å². The average Bonchev–Trinajstić information content (AvgIpc) is 3.21. The zero-order valence-corrected chi connectivity index (χ0v) is 21.5. The zero-order chi connectivity index (χ0) is 25.1. The van der Waals surface area contributed by atoms with E-state index in [-0.39, 0.29) is 29.7 Å². The van der Waals surface area contributed by atoms with Crippen molar-refractivity contribution in [1.29, 1.82) is 0 Å². The topological polar surface area (TPSA) is 60.1 Å². The van der Waals surface area contributed by atoms with Gasteiger partial charge in [-0.25, -0.2) is 4.39 Å². The quantitative estimate of drug-likeness (QED) is 0.394. The summed E-state index contributed by atoms with van der Waals surface area (Å²) < 4.78 is 16.8. The van der Waals surface area contributed by atoms with Crippen molar-refractivity contribution in [2.45, 2.75) is 95.7 Å². The summed E-state index contributed by atoms with van der Waals surface area (Å²) in [6, 6.07) is 14.0. The Morgan fingerprint density at radius 3 is 2.58 bits per heavy atom. The van der Waals surface area contributed by atoms with Gasteiger partial charge in [-0.1, -0.05) is 49.1 Å². The maximum Gasteiger partial charge on any atom is 0.221 e. The van der Waals surface area contributed by atoms with Gasteiger partial charge < -0.3 is 15.6 Å². The second-order valence-corrected chi connectivity index (χ2v) is 11.3. The molecule has 5 heteroatoms. The fraction of sp³-hybridized carbons (Fsp3) is 0.516. The van der Waals surface area contributed by atoms with Crippen LogP contribution < -0.4 is 11.1 Å². The van der Waals surface area contributed by atoms with Gasteiger partial charge in [0.2, 0.25) is 5.91 Å². The first-order chi connectivity index (χ1) is 17.5. The molecule has 1 aromatic heterocycles. The molecule has 3 N–H and O–H groups in total. The molecule has 0 aliphatic heterocycles. The molecule has 36 heavy (non-hydrogen) atoms. The lowest BCUT2D eigenvalue weighted by Gasteiger charge is -2.27. The van der Waals surface area contributed by atoms with Crippen LogP contribution in [0, 0.1) is 18.7 Å². The first-order valence-corrected chi connectivity index (χ1v) is 13.9. The summed E-state index contributed by atoms with van der Waals surface area (Å²) in [5.41, 5.74) is 10.4. The molecular formula is C31H40FN3O. The van der Waals surface area contributed by atoms with Crippen molar-refractivity contribution in [3.63, 3.8) is 0 Å². The van der Waals surface area contributed by atoms with E-state index in [9.17, 15) is 9.18 Å². The predicted octanol–water partition coefficient (Wildman–Crippen LogP) is 6.58. The lowest BCUT2D eigenvalue weighted by Crippen LogP contribution is -2.40. The number of aromatic nitrogens is 1. The summed E-state index contributed by atoms with van der Waals surface area (Å²) in [5, 5.41) is 4.21. The molecule has 2 aromatic carbocycles. The van der Waals surface area contributed by atoms with E-state index in [4.69, 9.17) is 5.73 Å². The Morgan fingerprint density at radius 1 is 1.06 bits per heavy atom. The number of fused-ring (bicyclic) bond motifs is 1. The largest absolute Gasteiger partial charge is 0.353 e. The van der Waals surface area contributed by atoms with Gasteiger partial charge in [-0.3, -0.25) is 4.79 Å². The molecule has 2 fully saturated rings. The molecule has 2 aliphatic carbocycles. The van der Waals surface area contributed by atoms with Crippen molar-refractivity contribution in [3.8, 4) is 0 Å². The Morgan fingerprint density at radius 2 is 1.83 bits per heavy atom. The molecule has 0 saturated heterocycles. The van der Waals surface area contributed by atoms with Gasteiger partial charge in [0.1, 0.15) is 5.82 Å². The Bertz CT molecular complexity index is 1190. The molecule has 1 unspecified atom stereocenters. The number of nitrogens with one attached hydrogen (secondary N) is 1. The number of nitrogens with zero attached hydrogens (tertiary/aromatic N) is 1. The van der Waals surface area contributed by atoms with Crippen LogP contribution in [0.1, 0.15) is 86.8 Å². The number of carbonyl (C=O) groups excluding carboxylic acids is 1. The zero-order valence-electron chi connectivity index (χ0n) is 21.5. The Labute approximate surface area is 214 Å². The van der Waals surface area contributed by atoms with Crippen LogP contribution in [0.2, 0.25) is 0 Å². The molecule has 2 saturated carbocycles. The van der Waals surface area contributed by atoms with Crippen molar-refractivity contribution in [3.05, 3.63) is 71.2 Å². The molecule has 0 radical (unpaired) electrons. The third kappa shape index (κ3) is 5.83. The van der Waals surface area contributed by atoms with Gasteiger partial charge in [0.05, 0.1) is 0 Å². The molecule has 192 valence electrons. The van der Waals surface area contributed by atoms with Gasteiger partial charge in [-0.05, 0) is 80.7 Å². The highest BCUT2D eigenvalue weighted by molar-refractivity contribution is 5.87. The Kier molecular flexibility index (Phi) is 7.76. The Balaban J connectivity index is 1.48. The number of aryl methyl sites for hydroxylation is 1. The van der Waals surface area contributed by atoms with Crippen LogP contribution in [0.4, 0.5) is 4.39 Å². The number of hydrogen-bond donors (Lipinski definition) is 2. The molecule has 0 spiro atoms. The number of carbonyl (C=O) groups is 1. The fourth-order valence-corrected chi connectivity index (χ4v) is 6.40. The van der Waals surface area contributed by atoms with E-state index in [2.05, 4.69) is 47.3 Å². The molecule has 3 aromatic rings. The monoisotopic (exact) mass is 489 g/mol. The fourth-order valence-electron chi connectivity index (χ4n) is 6.40. The van der Waals surface area contributed by atoms with Crippen LogP contribution >= 0.6 is 0 Å². The van der Waals surface area contributed by atoms with Crippen LogP contribution in [0.25, 0.3) is 10.9 Å². The molecule has 1 atom stereocenters. The van der Waals surface area contributed by atoms with Crippen LogP contribution in [0.15, 0.2) is 48.7 Å². The van der Waals surface area contributed by atoms with E-state index in [0.29, 0.717) is 12.3 Å². The van der Waals surface area contributed by atoms with Gasteiger partial charge in [0, 0.05) is 48.1 Å². The molecule has 1 heterocycles. The van der Waals surface area contributed by atoms with Crippen molar-refractivity contribution in [2.75, 3.05) is 0 Å². The van der Waals surface area contributed by atoms with E-state index in [1.54, 1.807) is 12.1 Å². The van der Waals surface area contributed by atoms with Gasteiger partial charge in [0.25, 0.3) is 0 Å². The lowest BCUT2D eigenvalue weighted by atomic mass is 9.86. The van der Waals surface area contributed by atoms with Gasteiger partial charge in [-0.2, -0.15) is 0 Å². The molecule has 5 rings (SSSR count). The third-order valence-corrected chi connectivity index (χ3v) is 8.40. The summed E-state index contributed by atoms with van der Waals surface area (Å²) >= 11 is 0. The summed E-state index contributed by atoms with van der Waals surface area (Å²) in [6.45, 7) is 3.04. The van der Waals surface area contributed by atoms with E-state index in [1.165, 1.54) is 32.1 Å². The molecule has 4 nitrogen and oxygen atoms in total. The number of nitrogens with two attached hydrogens (primary N) is 1. The minimum atomic E-state index is -0.231. The van der Waals surface area contributed by atoms with Crippen molar-refractivity contribution >= 4 is 16.8 Å². The predicted molar refractivity (Wildman–Crippen MR) is 144 cm³/mol. The molecule has 0 bridgehead atoms. The highest BCUT2D eigenvalue weighted by atomic mass is 19.1. The minimum Gasteiger partial charge on any atom is -0.353 e. The first-order valence-electron chi connectivity index (χ1n) is 13.9. The number of halogens is 1. The highest BCUT2D eigenvalue weighted by Gasteiger charge is 2.26. The summed E-state index contributed by atoms with van der Waals surface area (Å²) in [6.07, 6.45) is 12.8. The standard InChI is InChI=1S/C31H40FN3O/c1-21-6-5-9-23(16-21)27(18-31(36)34-26-13-11-25(33)12-14-26)29-20-35(19-22-7-3-2-4-8-22)30-15-10-24(32)17-28(29)30/h5-6,9-10,15-17,20,22,25-27H,2-4,7-8,11-14,18-19,33H2,1H3,(H,34,36)/t25-,26-,27?. The van der Waals surface area contributed by atoms with Crippen molar-refractivity contribution in [1.82, 2.24) is 9.88 Å². The van der Waals surface area contributed by atoms with E-state index in [0.717, 1.165) is 59.8 Å². The normalized spacial score (nSPS) is 22.0. The number of benzene rings is 2. The summed E-state index contributed by atoms with van der Waals surface area (Å²) in [4.78, 5) is 13.3. The summed E-state index contributed by atoms with van der Waals surface area (Å²) in [5.74, 6) is 0.356. The second-order valence-electron chi connectivity index (χ2n) is 11.3. The first kappa shape index (κ1) is 25.0. The van der Waals surface area contributed by atoms with Crippen molar-refractivity contribution < 1.29 is 9.18 Å². The van der Waals surface area contributed by atoms with Gasteiger partial charge in [0.15, 0.2) is 0 Å². The second kappa shape index (κ2) is 11.2.